The van der Waals surface area contributed by atoms with E-state index in [4.69, 9.17) is 5.73 Å². The summed E-state index contributed by atoms with van der Waals surface area (Å²) in [6.07, 6.45) is 0. The molecule has 0 bridgehead atoms. The van der Waals surface area contributed by atoms with E-state index in [-0.39, 0.29) is 0 Å². The summed E-state index contributed by atoms with van der Waals surface area (Å²) >= 11 is 0. The second kappa shape index (κ2) is 4.10. The summed E-state index contributed by atoms with van der Waals surface area (Å²) in [5.41, 5.74) is 10.2. The van der Waals surface area contributed by atoms with Crippen LogP contribution in [-0.2, 0) is 13.6 Å². The van der Waals surface area contributed by atoms with Crippen molar-refractivity contribution in [1.29, 1.82) is 0 Å². The maximum absolute atomic E-state index is 5.67. The maximum atomic E-state index is 5.67. The Kier molecular flexibility index (Phi) is 2.79. The van der Waals surface area contributed by atoms with E-state index in [1.807, 2.05) is 7.05 Å². The van der Waals surface area contributed by atoms with Gasteiger partial charge in [-0.3, -0.25) is 0 Å². The van der Waals surface area contributed by atoms with Crippen LogP contribution in [0.4, 0.5) is 0 Å². The molecule has 0 aliphatic heterocycles. The lowest BCUT2D eigenvalue weighted by Gasteiger charge is -2.03. The minimum absolute atomic E-state index is 0.492. The molecule has 0 fully saturated rings. The summed E-state index contributed by atoms with van der Waals surface area (Å²) in [5, 5.41) is 0. The first-order valence-electron chi connectivity index (χ1n) is 5.42. The van der Waals surface area contributed by atoms with E-state index in [9.17, 15) is 0 Å². The molecule has 0 atom stereocenters. The van der Waals surface area contributed by atoms with Crippen molar-refractivity contribution < 1.29 is 0 Å². The molecule has 1 heterocycles. The van der Waals surface area contributed by atoms with Crippen molar-refractivity contribution in [3.05, 3.63) is 41.2 Å². The highest BCUT2D eigenvalue weighted by Gasteiger charge is 2.11. The van der Waals surface area contributed by atoms with Crippen LogP contribution in [0.25, 0.3) is 11.4 Å². The Bertz CT molecular complexity index is 512. The van der Waals surface area contributed by atoms with E-state index in [2.05, 4.69) is 47.7 Å². The zero-order valence-electron chi connectivity index (χ0n) is 9.99. The van der Waals surface area contributed by atoms with E-state index < -0.39 is 0 Å². The van der Waals surface area contributed by atoms with Crippen molar-refractivity contribution >= 4 is 0 Å². The Morgan fingerprint density at radius 1 is 1.31 bits per heavy atom. The van der Waals surface area contributed by atoms with Crippen molar-refractivity contribution in [2.24, 2.45) is 12.8 Å². The lowest BCUT2D eigenvalue weighted by atomic mass is 10.1. The van der Waals surface area contributed by atoms with Gasteiger partial charge in [0.15, 0.2) is 0 Å². The van der Waals surface area contributed by atoms with Crippen molar-refractivity contribution in [2.45, 2.75) is 20.4 Å². The standard InChI is InChI=1S/C13H17N3/c1-9-5-4-6-11(7-9)13-15-12(8-14)10(2)16(13)3/h4-7H,8,14H2,1-3H3. The van der Waals surface area contributed by atoms with Gasteiger partial charge in [-0.1, -0.05) is 23.8 Å². The second-order valence-electron chi connectivity index (χ2n) is 4.10. The van der Waals surface area contributed by atoms with Crippen molar-refractivity contribution in [1.82, 2.24) is 9.55 Å². The molecule has 0 amide bonds. The first-order valence-corrected chi connectivity index (χ1v) is 5.42. The zero-order valence-corrected chi connectivity index (χ0v) is 9.99. The average molecular weight is 215 g/mol. The summed E-state index contributed by atoms with van der Waals surface area (Å²) in [4.78, 5) is 4.58. The molecule has 2 aromatic rings. The third kappa shape index (κ3) is 1.74. The quantitative estimate of drug-likeness (QED) is 0.834. The van der Waals surface area contributed by atoms with E-state index in [0.29, 0.717) is 6.54 Å². The molecule has 0 aliphatic rings. The number of benzene rings is 1. The third-order valence-electron chi connectivity index (χ3n) is 2.95. The molecule has 0 radical (unpaired) electrons. The Balaban J connectivity index is 2.56. The zero-order chi connectivity index (χ0) is 11.7. The fourth-order valence-electron chi connectivity index (χ4n) is 1.87. The number of nitrogens with zero attached hydrogens (tertiary/aromatic N) is 2. The highest BCUT2D eigenvalue weighted by molar-refractivity contribution is 5.58. The number of rotatable bonds is 2. The highest BCUT2D eigenvalue weighted by Crippen LogP contribution is 2.21. The number of nitrogens with two attached hydrogens (primary N) is 1. The minimum atomic E-state index is 0.492. The van der Waals surface area contributed by atoms with Crippen molar-refractivity contribution in [2.75, 3.05) is 0 Å². The number of hydrogen-bond donors (Lipinski definition) is 1. The molecular formula is C13H17N3. The summed E-state index contributed by atoms with van der Waals surface area (Å²) in [7, 11) is 2.03. The van der Waals surface area contributed by atoms with Crippen LogP contribution < -0.4 is 5.73 Å². The molecule has 16 heavy (non-hydrogen) atoms. The Morgan fingerprint density at radius 3 is 2.62 bits per heavy atom. The number of aryl methyl sites for hydroxylation is 1. The molecule has 84 valence electrons. The lowest BCUT2D eigenvalue weighted by molar-refractivity contribution is 0.873. The van der Waals surface area contributed by atoms with Gasteiger partial charge in [0.1, 0.15) is 5.82 Å². The van der Waals surface area contributed by atoms with Crippen LogP contribution in [0, 0.1) is 13.8 Å². The van der Waals surface area contributed by atoms with E-state index in [1.54, 1.807) is 0 Å². The molecule has 0 saturated heterocycles. The van der Waals surface area contributed by atoms with E-state index in [0.717, 1.165) is 22.8 Å². The van der Waals surface area contributed by atoms with Gasteiger partial charge in [-0.25, -0.2) is 4.98 Å². The summed E-state index contributed by atoms with van der Waals surface area (Å²) in [6, 6.07) is 8.36. The normalized spacial score (nSPS) is 10.8. The predicted molar refractivity (Wildman–Crippen MR) is 66.0 cm³/mol. The molecule has 0 spiro atoms. The SMILES string of the molecule is Cc1cccc(-c2nc(CN)c(C)n2C)c1. The first kappa shape index (κ1) is 10.9. The molecule has 1 aromatic carbocycles. The number of hydrogen-bond acceptors (Lipinski definition) is 2. The second-order valence-corrected chi connectivity index (χ2v) is 4.10. The Labute approximate surface area is 95.9 Å². The molecule has 2 rings (SSSR count). The third-order valence-corrected chi connectivity index (χ3v) is 2.95. The van der Waals surface area contributed by atoms with Gasteiger partial charge in [0.05, 0.1) is 5.69 Å². The maximum Gasteiger partial charge on any atom is 0.140 e. The topological polar surface area (TPSA) is 43.8 Å². The molecule has 0 unspecified atom stereocenters. The lowest BCUT2D eigenvalue weighted by Crippen LogP contribution is -1.99. The molecule has 2 N–H and O–H groups in total. The van der Waals surface area contributed by atoms with Gasteiger partial charge in [0.2, 0.25) is 0 Å². The molecule has 1 aromatic heterocycles. The molecule has 0 aliphatic carbocycles. The van der Waals surface area contributed by atoms with Gasteiger partial charge in [-0.2, -0.15) is 0 Å². The van der Waals surface area contributed by atoms with Gasteiger partial charge < -0.3 is 10.3 Å². The summed E-state index contributed by atoms with van der Waals surface area (Å²) < 4.78 is 2.09. The number of aromatic nitrogens is 2. The fourth-order valence-corrected chi connectivity index (χ4v) is 1.87. The smallest absolute Gasteiger partial charge is 0.140 e. The van der Waals surface area contributed by atoms with Crippen LogP contribution >= 0.6 is 0 Å². The largest absolute Gasteiger partial charge is 0.331 e. The van der Waals surface area contributed by atoms with Gasteiger partial charge >= 0.3 is 0 Å². The average Bonchev–Trinajstić information content (AvgIpc) is 2.56. The van der Waals surface area contributed by atoms with E-state index in [1.165, 1.54) is 5.56 Å². The fraction of sp³-hybridized carbons (Fsp3) is 0.308. The minimum Gasteiger partial charge on any atom is -0.331 e. The Hall–Kier alpha value is -1.61. The Morgan fingerprint density at radius 2 is 2.06 bits per heavy atom. The van der Waals surface area contributed by atoms with Gasteiger partial charge in [-0.15, -0.1) is 0 Å². The van der Waals surface area contributed by atoms with E-state index >= 15 is 0 Å². The van der Waals surface area contributed by atoms with Crippen LogP contribution in [-0.4, -0.2) is 9.55 Å². The summed E-state index contributed by atoms with van der Waals surface area (Å²) in [5.74, 6) is 0.988. The number of imidazole rings is 1. The van der Waals surface area contributed by atoms with Gasteiger partial charge in [0.25, 0.3) is 0 Å². The molecular weight excluding hydrogens is 198 g/mol. The van der Waals surface area contributed by atoms with Crippen LogP contribution in [0.5, 0.6) is 0 Å². The molecule has 0 saturated carbocycles. The van der Waals surface area contributed by atoms with Crippen molar-refractivity contribution in [3.8, 4) is 11.4 Å². The predicted octanol–water partition coefficient (Wildman–Crippen LogP) is 2.16. The van der Waals surface area contributed by atoms with Crippen LogP contribution in [0.15, 0.2) is 24.3 Å². The highest BCUT2D eigenvalue weighted by atomic mass is 15.1. The van der Waals surface area contributed by atoms with Crippen LogP contribution in [0.2, 0.25) is 0 Å². The monoisotopic (exact) mass is 215 g/mol. The molecule has 3 heteroatoms. The summed E-state index contributed by atoms with van der Waals surface area (Å²) in [6.45, 7) is 4.63. The molecule has 3 nitrogen and oxygen atoms in total. The van der Waals surface area contributed by atoms with Gasteiger partial charge in [-0.05, 0) is 19.9 Å². The van der Waals surface area contributed by atoms with Crippen molar-refractivity contribution in [3.63, 3.8) is 0 Å². The van der Waals surface area contributed by atoms with Crippen LogP contribution in [0.3, 0.4) is 0 Å². The van der Waals surface area contributed by atoms with Gasteiger partial charge in [0, 0.05) is 24.8 Å². The van der Waals surface area contributed by atoms with Crippen LogP contribution in [0.1, 0.15) is 17.0 Å². The first-order chi connectivity index (χ1) is 7.63.